The van der Waals surface area contributed by atoms with Gasteiger partial charge in [-0.15, -0.1) is 11.3 Å². The average Bonchev–Trinajstić information content (AvgIpc) is 2.86. The quantitative estimate of drug-likeness (QED) is 0.879. The summed E-state index contributed by atoms with van der Waals surface area (Å²) in [5, 5.41) is 4.27. The summed E-state index contributed by atoms with van der Waals surface area (Å²) in [7, 11) is 1.87. The highest BCUT2D eigenvalue weighted by molar-refractivity contribution is 7.18. The highest BCUT2D eigenvalue weighted by atomic mass is 32.1. The van der Waals surface area contributed by atoms with Gasteiger partial charge in [-0.3, -0.25) is 0 Å². The minimum atomic E-state index is 0.613. The molecule has 0 atom stereocenters. The highest BCUT2D eigenvalue weighted by Crippen LogP contribution is 2.32. The second kappa shape index (κ2) is 6.39. The molecule has 0 radical (unpaired) electrons. The molecule has 0 aliphatic rings. The molecule has 0 unspecified atom stereocenters. The van der Waals surface area contributed by atoms with Crippen molar-refractivity contribution in [3.8, 4) is 0 Å². The maximum Gasteiger partial charge on any atom is 0.225 e. The average molecular weight is 292 g/mol. The fraction of sp³-hybridized carbons (Fsp3) is 0.600. The predicted molar refractivity (Wildman–Crippen MR) is 89.1 cm³/mol. The first-order valence-corrected chi connectivity index (χ1v) is 8.13. The van der Waals surface area contributed by atoms with E-state index in [4.69, 9.17) is 4.98 Å². The van der Waals surface area contributed by atoms with Crippen molar-refractivity contribution in [2.45, 2.75) is 34.1 Å². The highest BCUT2D eigenvalue weighted by Gasteiger charge is 2.16. The standard InChI is InChI=1S/C15H24N4S/c1-6-11-8-12-13(19(7-2)9-10(3)4)17-15(16-5)18-14(12)20-11/h8,10H,6-7,9H2,1-5H3,(H,16,17,18). The number of nitrogens with one attached hydrogen (secondary N) is 1. The Labute approximate surface area is 125 Å². The topological polar surface area (TPSA) is 41.1 Å². The molecule has 5 heteroatoms. The normalized spacial score (nSPS) is 11.3. The van der Waals surface area contributed by atoms with E-state index in [2.05, 4.69) is 49.0 Å². The zero-order chi connectivity index (χ0) is 14.7. The second-order valence-electron chi connectivity index (χ2n) is 5.34. The molecule has 0 saturated carbocycles. The third-order valence-electron chi connectivity index (χ3n) is 3.26. The fourth-order valence-electron chi connectivity index (χ4n) is 2.29. The number of hydrogen-bond acceptors (Lipinski definition) is 5. The fourth-order valence-corrected chi connectivity index (χ4v) is 3.25. The van der Waals surface area contributed by atoms with E-state index in [0.29, 0.717) is 11.9 Å². The number of nitrogens with zero attached hydrogens (tertiary/aromatic N) is 3. The van der Waals surface area contributed by atoms with E-state index in [-0.39, 0.29) is 0 Å². The van der Waals surface area contributed by atoms with Crippen LogP contribution in [0.15, 0.2) is 6.07 Å². The van der Waals surface area contributed by atoms with Gasteiger partial charge in [0.05, 0.1) is 5.39 Å². The first-order chi connectivity index (χ1) is 9.58. The molecule has 1 N–H and O–H groups in total. The van der Waals surface area contributed by atoms with Crippen molar-refractivity contribution < 1.29 is 0 Å². The Morgan fingerprint density at radius 2 is 2.05 bits per heavy atom. The number of fused-ring (bicyclic) bond motifs is 1. The maximum atomic E-state index is 4.70. The van der Waals surface area contributed by atoms with Crippen LogP contribution in [0.1, 0.15) is 32.6 Å². The third kappa shape index (κ3) is 3.03. The van der Waals surface area contributed by atoms with Gasteiger partial charge in [0.1, 0.15) is 10.6 Å². The van der Waals surface area contributed by atoms with Crippen molar-refractivity contribution in [1.82, 2.24) is 9.97 Å². The molecule has 0 aliphatic heterocycles. The van der Waals surface area contributed by atoms with E-state index in [9.17, 15) is 0 Å². The third-order valence-corrected chi connectivity index (χ3v) is 4.44. The molecule has 2 heterocycles. The lowest BCUT2D eigenvalue weighted by molar-refractivity contribution is 0.616. The van der Waals surface area contributed by atoms with E-state index in [1.54, 1.807) is 11.3 Å². The molecular formula is C15H24N4S. The Morgan fingerprint density at radius 3 is 2.60 bits per heavy atom. The molecule has 2 aromatic heterocycles. The maximum absolute atomic E-state index is 4.70. The van der Waals surface area contributed by atoms with Crippen LogP contribution in [0.25, 0.3) is 10.2 Å². The van der Waals surface area contributed by atoms with Crippen LogP contribution >= 0.6 is 11.3 Å². The van der Waals surface area contributed by atoms with Gasteiger partial charge in [-0.05, 0) is 25.3 Å². The van der Waals surface area contributed by atoms with Gasteiger partial charge in [0.2, 0.25) is 5.95 Å². The minimum absolute atomic E-state index is 0.613. The Balaban J connectivity index is 2.55. The Kier molecular flexibility index (Phi) is 4.81. The van der Waals surface area contributed by atoms with Crippen LogP contribution in [0.4, 0.5) is 11.8 Å². The van der Waals surface area contributed by atoms with Crippen molar-refractivity contribution in [3.05, 3.63) is 10.9 Å². The first-order valence-electron chi connectivity index (χ1n) is 7.32. The van der Waals surface area contributed by atoms with Gasteiger partial charge in [0.25, 0.3) is 0 Å². The van der Waals surface area contributed by atoms with Crippen LogP contribution in [0.2, 0.25) is 0 Å². The van der Waals surface area contributed by atoms with Gasteiger partial charge >= 0.3 is 0 Å². The van der Waals surface area contributed by atoms with Crippen LogP contribution in [-0.4, -0.2) is 30.1 Å². The van der Waals surface area contributed by atoms with E-state index in [1.165, 1.54) is 10.3 Å². The van der Waals surface area contributed by atoms with E-state index in [0.717, 1.165) is 30.2 Å². The number of rotatable bonds is 6. The molecule has 0 spiro atoms. The largest absolute Gasteiger partial charge is 0.357 e. The lowest BCUT2D eigenvalue weighted by atomic mass is 10.2. The molecule has 0 amide bonds. The number of anilines is 2. The molecular weight excluding hydrogens is 268 g/mol. The minimum Gasteiger partial charge on any atom is -0.357 e. The van der Waals surface area contributed by atoms with Crippen LogP contribution in [-0.2, 0) is 6.42 Å². The smallest absolute Gasteiger partial charge is 0.225 e. The molecule has 0 bridgehead atoms. The molecule has 2 aromatic rings. The molecule has 4 nitrogen and oxygen atoms in total. The van der Waals surface area contributed by atoms with Gasteiger partial charge in [-0.25, -0.2) is 4.98 Å². The van der Waals surface area contributed by atoms with E-state index >= 15 is 0 Å². The lowest BCUT2D eigenvalue weighted by Gasteiger charge is -2.24. The summed E-state index contributed by atoms with van der Waals surface area (Å²) in [6, 6.07) is 2.25. The second-order valence-corrected chi connectivity index (χ2v) is 6.45. The summed E-state index contributed by atoms with van der Waals surface area (Å²) >= 11 is 1.77. The van der Waals surface area contributed by atoms with Crippen LogP contribution in [0.5, 0.6) is 0 Å². The first kappa shape index (κ1) is 15.0. The molecule has 0 aromatic carbocycles. The number of thiophene rings is 1. The zero-order valence-corrected chi connectivity index (χ0v) is 13.8. The van der Waals surface area contributed by atoms with Gasteiger partial charge in [0.15, 0.2) is 0 Å². The van der Waals surface area contributed by atoms with Crippen LogP contribution < -0.4 is 10.2 Å². The molecule has 0 saturated heterocycles. The van der Waals surface area contributed by atoms with Gasteiger partial charge in [-0.2, -0.15) is 4.98 Å². The van der Waals surface area contributed by atoms with Crippen molar-refractivity contribution >= 4 is 33.3 Å². The molecule has 110 valence electrons. The Hall–Kier alpha value is -1.36. The zero-order valence-electron chi connectivity index (χ0n) is 13.0. The molecule has 0 fully saturated rings. The van der Waals surface area contributed by atoms with E-state index < -0.39 is 0 Å². The summed E-state index contributed by atoms with van der Waals surface area (Å²) in [6.45, 7) is 10.8. The van der Waals surface area contributed by atoms with Crippen LogP contribution in [0.3, 0.4) is 0 Å². The number of aryl methyl sites for hydroxylation is 1. The number of aromatic nitrogens is 2. The number of hydrogen-bond donors (Lipinski definition) is 1. The predicted octanol–water partition coefficient (Wildman–Crippen LogP) is 3.78. The van der Waals surface area contributed by atoms with Crippen LogP contribution in [0, 0.1) is 5.92 Å². The Morgan fingerprint density at radius 1 is 1.30 bits per heavy atom. The summed E-state index contributed by atoms with van der Waals surface area (Å²) in [4.78, 5) is 14.1. The Bertz CT molecular complexity index is 577. The molecule has 2 rings (SSSR count). The monoisotopic (exact) mass is 292 g/mol. The summed E-state index contributed by atoms with van der Waals surface area (Å²) in [5.41, 5.74) is 0. The van der Waals surface area contributed by atoms with Gasteiger partial charge in [-0.1, -0.05) is 20.8 Å². The van der Waals surface area contributed by atoms with E-state index in [1.807, 2.05) is 7.05 Å². The van der Waals surface area contributed by atoms with Crippen molar-refractivity contribution in [3.63, 3.8) is 0 Å². The molecule has 20 heavy (non-hydrogen) atoms. The summed E-state index contributed by atoms with van der Waals surface area (Å²) in [6.07, 6.45) is 1.05. The lowest BCUT2D eigenvalue weighted by Crippen LogP contribution is -2.28. The summed E-state index contributed by atoms with van der Waals surface area (Å²) in [5.74, 6) is 2.38. The van der Waals surface area contributed by atoms with Crippen molar-refractivity contribution in [2.75, 3.05) is 30.4 Å². The van der Waals surface area contributed by atoms with Gasteiger partial charge < -0.3 is 10.2 Å². The van der Waals surface area contributed by atoms with Gasteiger partial charge in [0, 0.05) is 25.0 Å². The SMILES string of the molecule is CCc1cc2c(N(CC)CC(C)C)nc(NC)nc2s1. The molecule has 0 aliphatic carbocycles. The van der Waals surface area contributed by atoms with Crippen molar-refractivity contribution in [2.24, 2.45) is 5.92 Å². The summed E-state index contributed by atoms with van der Waals surface area (Å²) < 4.78 is 0. The van der Waals surface area contributed by atoms with Crippen molar-refractivity contribution in [1.29, 1.82) is 0 Å².